The molecule has 0 radical (unpaired) electrons. The monoisotopic (exact) mass is 374 g/mol. The fraction of sp³-hybridized carbons (Fsp3) is 0.0909. The molecule has 0 bridgehead atoms. The number of carbonyl (C=O) groups excluding carboxylic acids is 1. The third-order valence-electron chi connectivity index (χ3n) is 4.23. The van der Waals surface area contributed by atoms with E-state index in [2.05, 4.69) is 19.1 Å². The molecular formula is C22H18N2O2S. The smallest absolute Gasteiger partial charge is 0.296 e. The molecule has 4 nitrogen and oxygen atoms in total. The van der Waals surface area contributed by atoms with Crippen molar-refractivity contribution in [3.63, 3.8) is 0 Å². The van der Waals surface area contributed by atoms with Crippen molar-refractivity contribution in [3.8, 4) is 11.3 Å². The molecule has 0 atom stereocenters. The van der Waals surface area contributed by atoms with E-state index in [1.54, 1.807) is 17.0 Å². The molecule has 1 amide bonds. The zero-order valence-corrected chi connectivity index (χ0v) is 15.6. The average Bonchev–Trinajstić information content (AvgIpc) is 3.39. The minimum Gasteiger partial charge on any atom is -0.459 e. The number of nitrogens with zero attached hydrogens (tertiary/aromatic N) is 2. The van der Waals surface area contributed by atoms with Crippen LogP contribution < -0.4 is 4.90 Å². The Morgan fingerprint density at radius 2 is 1.81 bits per heavy atom. The first kappa shape index (κ1) is 17.2. The van der Waals surface area contributed by atoms with E-state index in [9.17, 15) is 4.79 Å². The molecule has 0 aliphatic heterocycles. The number of rotatable bonds is 5. The highest BCUT2D eigenvalue weighted by Gasteiger charge is 2.23. The second-order valence-electron chi connectivity index (χ2n) is 6.24. The van der Waals surface area contributed by atoms with Gasteiger partial charge in [0.05, 0.1) is 18.5 Å². The van der Waals surface area contributed by atoms with Crippen molar-refractivity contribution in [3.05, 3.63) is 95.3 Å². The lowest BCUT2D eigenvalue weighted by Gasteiger charge is -2.18. The molecule has 0 aliphatic rings. The first-order valence-electron chi connectivity index (χ1n) is 8.62. The minimum atomic E-state index is -0.200. The summed E-state index contributed by atoms with van der Waals surface area (Å²) in [5, 5.41) is 2.63. The van der Waals surface area contributed by atoms with Crippen LogP contribution in [0.2, 0.25) is 0 Å². The van der Waals surface area contributed by atoms with Gasteiger partial charge in [0, 0.05) is 10.9 Å². The number of furan rings is 1. The highest BCUT2D eigenvalue weighted by Crippen LogP contribution is 2.29. The molecular weight excluding hydrogens is 356 g/mol. The highest BCUT2D eigenvalue weighted by atomic mass is 32.1. The Morgan fingerprint density at radius 1 is 1.04 bits per heavy atom. The van der Waals surface area contributed by atoms with E-state index < -0.39 is 0 Å². The number of amides is 1. The summed E-state index contributed by atoms with van der Waals surface area (Å²) in [5.74, 6) is 0.103. The first-order valence-corrected chi connectivity index (χ1v) is 9.50. The van der Waals surface area contributed by atoms with E-state index in [-0.39, 0.29) is 5.91 Å². The Labute approximate surface area is 161 Å². The predicted octanol–water partition coefficient (Wildman–Crippen LogP) is 5.56. The number of hydrogen-bond donors (Lipinski definition) is 0. The molecule has 2 heterocycles. The van der Waals surface area contributed by atoms with Gasteiger partial charge in [0.25, 0.3) is 5.91 Å². The molecule has 0 saturated heterocycles. The Bertz CT molecular complexity index is 1020. The van der Waals surface area contributed by atoms with Crippen LogP contribution >= 0.6 is 11.3 Å². The number of aromatic nitrogens is 1. The van der Waals surface area contributed by atoms with Crippen LogP contribution in [0.3, 0.4) is 0 Å². The number of carbonyl (C=O) groups is 1. The number of hydrogen-bond acceptors (Lipinski definition) is 4. The summed E-state index contributed by atoms with van der Waals surface area (Å²) in [5.41, 5.74) is 4.13. The van der Waals surface area contributed by atoms with Crippen molar-refractivity contribution in [2.75, 3.05) is 4.90 Å². The molecule has 0 N–H and O–H groups in total. The summed E-state index contributed by atoms with van der Waals surface area (Å²) in [7, 11) is 0. The van der Waals surface area contributed by atoms with Crippen LogP contribution in [0.15, 0.2) is 82.8 Å². The molecule has 2 aromatic heterocycles. The van der Waals surface area contributed by atoms with Gasteiger partial charge in [-0.1, -0.05) is 60.2 Å². The summed E-state index contributed by atoms with van der Waals surface area (Å²) >= 11 is 1.45. The molecule has 0 fully saturated rings. The van der Waals surface area contributed by atoms with Gasteiger partial charge in [-0.2, -0.15) is 0 Å². The van der Waals surface area contributed by atoms with Gasteiger partial charge in [-0.25, -0.2) is 4.98 Å². The third-order valence-corrected chi connectivity index (χ3v) is 5.09. The van der Waals surface area contributed by atoms with Gasteiger partial charge in [-0.3, -0.25) is 9.69 Å². The molecule has 4 rings (SSSR count). The maximum atomic E-state index is 13.0. The Hall–Kier alpha value is -3.18. The number of benzene rings is 2. The van der Waals surface area contributed by atoms with Gasteiger partial charge in [0.15, 0.2) is 10.9 Å². The number of thiazole rings is 1. The largest absolute Gasteiger partial charge is 0.459 e. The molecule has 2 aromatic carbocycles. The minimum absolute atomic E-state index is 0.200. The van der Waals surface area contributed by atoms with Gasteiger partial charge in [0.1, 0.15) is 0 Å². The van der Waals surface area contributed by atoms with Crippen LogP contribution in [0.4, 0.5) is 5.13 Å². The van der Waals surface area contributed by atoms with Crippen molar-refractivity contribution in [1.29, 1.82) is 0 Å². The Balaban J connectivity index is 1.68. The van der Waals surface area contributed by atoms with Gasteiger partial charge in [-0.15, -0.1) is 11.3 Å². The van der Waals surface area contributed by atoms with E-state index in [0.29, 0.717) is 17.4 Å². The van der Waals surface area contributed by atoms with E-state index in [1.807, 2.05) is 47.8 Å². The summed E-state index contributed by atoms with van der Waals surface area (Å²) in [4.78, 5) is 19.4. The Kier molecular flexibility index (Phi) is 4.85. The number of anilines is 1. The lowest BCUT2D eigenvalue weighted by molar-refractivity contribution is 0.0958. The van der Waals surface area contributed by atoms with Crippen LogP contribution in [-0.4, -0.2) is 10.9 Å². The van der Waals surface area contributed by atoms with E-state index in [4.69, 9.17) is 9.40 Å². The molecule has 0 unspecified atom stereocenters. The fourth-order valence-electron chi connectivity index (χ4n) is 2.77. The Morgan fingerprint density at radius 3 is 2.52 bits per heavy atom. The van der Waals surface area contributed by atoms with Gasteiger partial charge in [0.2, 0.25) is 0 Å². The van der Waals surface area contributed by atoms with Crippen molar-refractivity contribution in [1.82, 2.24) is 4.98 Å². The fourth-order valence-corrected chi connectivity index (χ4v) is 3.60. The zero-order chi connectivity index (χ0) is 18.6. The molecule has 5 heteroatoms. The second-order valence-corrected chi connectivity index (χ2v) is 7.07. The average molecular weight is 374 g/mol. The van der Waals surface area contributed by atoms with Crippen LogP contribution in [0.25, 0.3) is 11.3 Å². The van der Waals surface area contributed by atoms with Gasteiger partial charge in [-0.05, 0) is 24.6 Å². The normalized spacial score (nSPS) is 10.7. The van der Waals surface area contributed by atoms with Crippen LogP contribution in [0.5, 0.6) is 0 Å². The highest BCUT2D eigenvalue weighted by molar-refractivity contribution is 7.14. The molecule has 4 aromatic rings. The maximum Gasteiger partial charge on any atom is 0.296 e. The lowest BCUT2D eigenvalue weighted by atomic mass is 10.1. The second kappa shape index (κ2) is 7.60. The molecule has 27 heavy (non-hydrogen) atoms. The molecule has 0 saturated carbocycles. The lowest BCUT2D eigenvalue weighted by Crippen LogP contribution is -2.30. The summed E-state index contributed by atoms with van der Waals surface area (Å²) in [6.07, 6.45) is 1.51. The van der Waals surface area contributed by atoms with Crippen molar-refractivity contribution in [2.45, 2.75) is 13.5 Å². The summed E-state index contributed by atoms with van der Waals surface area (Å²) in [6, 6.07) is 21.5. The van der Waals surface area contributed by atoms with Crippen LogP contribution in [0.1, 0.15) is 21.7 Å². The van der Waals surface area contributed by atoms with Gasteiger partial charge < -0.3 is 4.42 Å². The van der Waals surface area contributed by atoms with E-state index in [0.717, 1.165) is 16.8 Å². The zero-order valence-electron chi connectivity index (χ0n) is 14.8. The topological polar surface area (TPSA) is 46.3 Å². The predicted molar refractivity (Wildman–Crippen MR) is 108 cm³/mol. The van der Waals surface area contributed by atoms with Crippen LogP contribution in [0, 0.1) is 6.92 Å². The summed E-state index contributed by atoms with van der Waals surface area (Å²) < 4.78 is 5.33. The summed E-state index contributed by atoms with van der Waals surface area (Å²) in [6.45, 7) is 2.49. The molecule has 134 valence electrons. The quantitative estimate of drug-likeness (QED) is 0.459. The first-order chi connectivity index (χ1) is 13.2. The van der Waals surface area contributed by atoms with E-state index in [1.165, 1.54) is 23.2 Å². The SMILES string of the molecule is Cc1ccc(-c2csc(N(Cc3ccccc3)C(=O)c3ccco3)n2)cc1. The van der Waals surface area contributed by atoms with Crippen LogP contribution in [-0.2, 0) is 6.54 Å². The maximum absolute atomic E-state index is 13.0. The van der Waals surface area contributed by atoms with Gasteiger partial charge >= 0.3 is 0 Å². The number of aryl methyl sites for hydroxylation is 1. The van der Waals surface area contributed by atoms with Crippen molar-refractivity contribution in [2.24, 2.45) is 0 Å². The standard InChI is InChI=1S/C22H18N2O2S/c1-16-9-11-18(12-10-16)19-15-27-22(23-19)24(14-17-6-3-2-4-7-17)21(25)20-8-5-13-26-20/h2-13,15H,14H2,1H3. The molecule has 0 aliphatic carbocycles. The van der Waals surface area contributed by atoms with Crippen molar-refractivity contribution < 1.29 is 9.21 Å². The van der Waals surface area contributed by atoms with E-state index >= 15 is 0 Å². The van der Waals surface area contributed by atoms with Crippen molar-refractivity contribution >= 4 is 22.4 Å². The third kappa shape index (κ3) is 3.83. The molecule has 0 spiro atoms.